The Morgan fingerprint density at radius 3 is 2.16 bits per heavy atom. The third-order valence-corrected chi connectivity index (χ3v) is 20.4. The first-order chi connectivity index (χ1) is 7.72. The van der Waals surface area contributed by atoms with Gasteiger partial charge in [-0.25, -0.2) is 0 Å². The first kappa shape index (κ1) is 18.9. The van der Waals surface area contributed by atoms with Crippen molar-refractivity contribution >= 4 is 32.6 Å². The second kappa shape index (κ2) is 5.04. The number of aromatic amines is 1. The van der Waals surface area contributed by atoms with E-state index in [1.807, 2.05) is 0 Å². The molecule has 1 aliphatic rings. The van der Waals surface area contributed by atoms with Crippen LogP contribution in [0.2, 0.25) is 15.7 Å². The zero-order chi connectivity index (χ0) is 12.8. The van der Waals surface area contributed by atoms with E-state index < -0.39 is 13.6 Å². The van der Waals surface area contributed by atoms with Crippen molar-refractivity contribution in [3.05, 3.63) is 40.4 Å². The van der Waals surface area contributed by atoms with Gasteiger partial charge in [0.25, 0.3) is 0 Å². The average Bonchev–Trinajstić information content (AvgIpc) is 2.92. The minimum absolute atomic E-state index is 0. The standard InChI is InChI=1S/C5H5.C4H4N.C3H6.3CH3.2ClH.Ti/c2*1-2-4-5-3-1;1-3-2;;;;;;/h1-3H,4H2;1-3,5H;1-2H3;3*1H3;2*1H;. The van der Waals surface area contributed by atoms with Crippen molar-refractivity contribution in [3.8, 4) is 0 Å². The van der Waals surface area contributed by atoms with Gasteiger partial charge in [-0.15, -0.1) is 24.8 Å². The molecule has 2 rings (SSSR count). The number of H-pyrrole nitrogens is 1. The van der Waals surface area contributed by atoms with Crippen LogP contribution >= 0.6 is 24.8 Å². The van der Waals surface area contributed by atoms with Crippen molar-refractivity contribution < 1.29 is 13.6 Å². The monoisotopic (exact) mass is 338 g/mol. The molecule has 109 valence electrons. The fourth-order valence-electron chi connectivity index (χ4n) is 2.90. The van der Waals surface area contributed by atoms with Crippen molar-refractivity contribution in [3.63, 3.8) is 0 Å². The van der Waals surface area contributed by atoms with Gasteiger partial charge in [-0.2, -0.15) is 0 Å². The van der Waals surface area contributed by atoms with Crippen molar-refractivity contribution in [2.45, 2.75) is 36.0 Å². The van der Waals surface area contributed by atoms with Crippen LogP contribution in [0.15, 0.2) is 40.4 Å². The first-order valence-electron chi connectivity index (χ1n) is 6.46. The number of hydrogen-bond donors (Lipinski definition) is 1. The fraction of sp³-hybridized carbons (Fsp3) is 0.400. The first-order valence-corrected chi connectivity index (χ1v) is 13.5. The van der Waals surface area contributed by atoms with E-state index in [2.05, 4.69) is 71.1 Å². The molecule has 4 heteroatoms. The summed E-state index contributed by atoms with van der Waals surface area (Å²) in [6, 6.07) is 4.40. The molecule has 0 aliphatic heterocycles. The molecule has 0 unspecified atom stereocenters. The fourth-order valence-corrected chi connectivity index (χ4v) is 10.2. The van der Waals surface area contributed by atoms with Gasteiger partial charge >= 0.3 is 103 Å². The maximum absolute atomic E-state index is 3.51. The number of aromatic nitrogens is 1. The molecule has 0 spiro atoms. The Hall–Kier alpha value is -0.0757. The summed E-state index contributed by atoms with van der Waals surface area (Å²) < 4.78 is 4.66. The van der Waals surface area contributed by atoms with Crippen LogP contribution < -0.4 is 4.00 Å². The average molecular weight is 339 g/mol. The van der Waals surface area contributed by atoms with E-state index in [0.29, 0.717) is 0 Å². The van der Waals surface area contributed by atoms with E-state index in [9.17, 15) is 0 Å². The maximum Gasteiger partial charge on any atom is -0.147 e. The molecule has 19 heavy (non-hydrogen) atoms. The van der Waals surface area contributed by atoms with E-state index in [-0.39, 0.29) is 24.8 Å². The van der Waals surface area contributed by atoms with Crippen LogP contribution in [0.1, 0.15) is 20.3 Å². The van der Waals surface area contributed by atoms with Gasteiger partial charge in [-0.3, -0.25) is 0 Å². The molecular formula is C15H26Cl2NTi. The van der Waals surface area contributed by atoms with E-state index in [4.69, 9.17) is 0 Å². The van der Waals surface area contributed by atoms with Crippen molar-refractivity contribution in [2.75, 3.05) is 0 Å². The normalized spacial score (nSPS) is 17.6. The van der Waals surface area contributed by atoms with Crippen molar-refractivity contribution in [1.29, 1.82) is 0 Å². The third kappa shape index (κ3) is 2.36. The molecule has 0 saturated heterocycles. The van der Waals surface area contributed by atoms with Crippen LogP contribution in [0.4, 0.5) is 0 Å². The minimum atomic E-state index is -3.44. The molecule has 0 amide bonds. The minimum Gasteiger partial charge on any atom is -0.147 e. The molecule has 0 atom stereocenters. The molecular weight excluding hydrogens is 313 g/mol. The quantitative estimate of drug-likeness (QED) is 0.737. The van der Waals surface area contributed by atoms with E-state index >= 15 is 0 Å². The molecule has 0 aromatic carbocycles. The van der Waals surface area contributed by atoms with Gasteiger partial charge in [0.2, 0.25) is 0 Å². The zero-order valence-electron chi connectivity index (χ0n) is 12.5. The SMILES string of the molecule is C[C](C)=[Ti]([CH3])([CH3])([CH3])([C]1=CC=CC1)[c]1ccc[nH]1.Cl.Cl. The summed E-state index contributed by atoms with van der Waals surface area (Å²) in [5.74, 6) is 0. The Morgan fingerprint density at radius 2 is 1.79 bits per heavy atom. The van der Waals surface area contributed by atoms with Crippen molar-refractivity contribution in [2.24, 2.45) is 0 Å². The van der Waals surface area contributed by atoms with Crippen LogP contribution in [0.25, 0.3) is 0 Å². The molecule has 1 nitrogen and oxygen atoms in total. The van der Waals surface area contributed by atoms with Crippen LogP contribution in [0.5, 0.6) is 0 Å². The Labute approximate surface area is 127 Å². The molecule has 0 radical (unpaired) electrons. The Kier molecular flexibility index (Phi) is 5.02. The van der Waals surface area contributed by atoms with Crippen LogP contribution in [0, 0.1) is 0 Å². The number of rotatable bonds is 2. The number of halogens is 2. The van der Waals surface area contributed by atoms with E-state index in [1.165, 1.54) is 4.00 Å². The zero-order valence-corrected chi connectivity index (χ0v) is 15.7. The Morgan fingerprint density at radius 1 is 1.16 bits per heavy atom. The van der Waals surface area contributed by atoms with Gasteiger partial charge in [0.1, 0.15) is 0 Å². The molecule has 0 fully saturated rings. The molecule has 1 aromatic heterocycles. The topological polar surface area (TPSA) is 15.8 Å². The predicted octanol–water partition coefficient (Wildman–Crippen LogP) is 4.91. The summed E-state index contributed by atoms with van der Waals surface area (Å²) in [6.45, 7) is 4.62. The molecule has 0 bridgehead atoms. The number of hydrogen-bond acceptors (Lipinski definition) is 0. The van der Waals surface area contributed by atoms with E-state index in [0.717, 1.165) is 6.42 Å². The van der Waals surface area contributed by atoms with Gasteiger partial charge in [-0.1, -0.05) is 0 Å². The summed E-state index contributed by atoms with van der Waals surface area (Å²) in [7, 11) is 0. The smallest absolute Gasteiger partial charge is 0.147 e. The summed E-state index contributed by atoms with van der Waals surface area (Å²) >= 11 is -3.44. The van der Waals surface area contributed by atoms with Crippen LogP contribution in [-0.4, -0.2) is 8.80 Å². The number of nitrogens with one attached hydrogen (secondary N) is 1. The second-order valence-corrected chi connectivity index (χ2v) is 23.8. The van der Waals surface area contributed by atoms with Crippen molar-refractivity contribution in [1.82, 2.24) is 4.98 Å². The van der Waals surface area contributed by atoms with Gasteiger partial charge in [0.05, 0.1) is 0 Å². The Bertz CT molecular complexity index is 595. The van der Waals surface area contributed by atoms with Gasteiger partial charge in [0, 0.05) is 0 Å². The molecule has 1 N–H and O–H groups in total. The summed E-state index contributed by atoms with van der Waals surface area (Å²) in [6.07, 6.45) is 10.0. The largest absolute Gasteiger partial charge is 0.147 e. The number of allylic oxidation sites excluding steroid dienone is 4. The summed E-state index contributed by atoms with van der Waals surface area (Å²) in [5, 5.41) is 7.58. The van der Waals surface area contributed by atoms with Crippen LogP contribution in [0.3, 0.4) is 0 Å². The Balaban J connectivity index is 0.00000162. The predicted molar refractivity (Wildman–Crippen MR) is 90.7 cm³/mol. The van der Waals surface area contributed by atoms with Gasteiger partial charge < -0.3 is 0 Å². The summed E-state index contributed by atoms with van der Waals surface area (Å²) in [5.41, 5.74) is 0. The second-order valence-electron chi connectivity index (χ2n) is 7.53. The van der Waals surface area contributed by atoms with Gasteiger partial charge in [-0.05, 0) is 0 Å². The van der Waals surface area contributed by atoms with E-state index in [1.54, 1.807) is 7.69 Å². The molecule has 1 heterocycles. The maximum atomic E-state index is 3.51. The van der Waals surface area contributed by atoms with Gasteiger partial charge in [0.15, 0.2) is 0 Å². The third-order valence-electron chi connectivity index (χ3n) is 5.73. The summed E-state index contributed by atoms with van der Waals surface area (Å²) in [4.78, 5) is 3.51. The molecule has 1 aliphatic carbocycles. The molecule has 0 saturated carbocycles. The van der Waals surface area contributed by atoms with Crippen LogP contribution in [-0.2, 0) is 13.6 Å². The molecule has 1 aromatic rings.